The number of amides is 1. The van der Waals surface area contributed by atoms with Gasteiger partial charge < -0.3 is 10.1 Å². The third-order valence-corrected chi connectivity index (χ3v) is 4.75. The van der Waals surface area contributed by atoms with Gasteiger partial charge in [0.1, 0.15) is 10.8 Å². The lowest BCUT2D eigenvalue weighted by Crippen LogP contribution is -2.30. The summed E-state index contributed by atoms with van der Waals surface area (Å²) in [5.41, 5.74) is 0.880. The van der Waals surface area contributed by atoms with Crippen molar-refractivity contribution in [2.45, 2.75) is 32.9 Å². The van der Waals surface area contributed by atoms with E-state index in [2.05, 4.69) is 15.4 Å². The first kappa shape index (κ1) is 18.8. The number of nitrogens with one attached hydrogen (secondary N) is 1. The molecule has 0 spiro atoms. The van der Waals surface area contributed by atoms with E-state index in [1.165, 1.54) is 24.3 Å². The van der Waals surface area contributed by atoms with E-state index in [-0.39, 0.29) is 6.04 Å². The Morgan fingerprint density at radius 3 is 2.74 bits per heavy atom. The van der Waals surface area contributed by atoms with E-state index in [0.29, 0.717) is 10.8 Å². The molecule has 2 aromatic heterocycles. The molecular formula is C19H20N4O3S. The summed E-state index contributed by atoms with van der Waals surface area (Å²) in [6.07, 6.45) is 3.53. The molecule has 3 rings (SSSR count). The number of carbonyl (C=O) groups is 2. The van der Waals surface area contributed by atoms with Gasteiger partial charge in [0, 0.05) is 18.2 Å². The summed E-state index contributed by atoms with van der Waals surface area (Å²) in [4.78, 5) is 28.7. The van der Waals surface area contributed by atoms with Gasteiger partial charge in [-0.3, -0.25) is 4.79 Å². The number of ether oxygens (including phenoxy) is 1. The molecule has 7 nitrogen and oxygen atoms in total. The molecule has 1 N–H and O–H groups in total. The molecule has 0 aliphatic rings. The van der Waals surface area contributed by atoms with E-state index in [1.54, 1.807) is 23.0 Å². The van der Waals surface area contributed by atoms with Gasteiger partial charge in [0.15, 0.2) is 6.10 Å². The molecule has 3 aromatic rings. The fraction of sp³-hybridized carbons (Fsp3) is 0.263. The lowest BCUT2D eigenvalue weighted by molar-refractivity contribution is -0.148. The molecule has 2 heterocycles. The summed E-state index contributed by atoms with van der Waals surface area (Å²) in [6.45, 7) is 5.44. The standard InChI is InChI=1S/C19H20N4O3S/c1-12(2)23-16(10-11-20-23)22-19(25)13(3)26-18(24)9-8-17-21-14-6-4-5-7-15(14)27-17/h4-13H,1-3H3,(H,22,25)/b9-8+/t13-/m1/s1. The zero-order valence-corrected chi connectivity index (χ0v) is 16.1. The van der Waals surface area contributed by atoms with Crippen LogP contribution in [0, 0.1) is 0 Å². The van der Waals surface area contributed by atoms with Gasteiger partial charge in [0.05, 0.1) is 16.4 Å². The van der Waals surface area contributed by atoms with Gasteiger partial charge in [-0.1, -0.05) is 12.1 Å². The molecule has 0 fully saturated rings. The van der Waals surface area contributed by atoms with Crippen molar-refractivity contribution < 1.29 is 14.3 Å². The number of hydrogen-bond acceptors (Lipinski definition) is 6. The number of rotatable bonds is 6. The first-order valence-electron chi connectivity index (χ1n) is 8.52. The Balaban J connectivity index is 1.57. The Kier molecular flexibility index (Phi) is 5.66. The van der Waals surface area contributed by atoms with E-state index < -0.39 is 18.0 Å². The second-order valence-electron chi connectivity index (χ2n) is 6.18. The Bertz CT molecular complexity index is 957. The Morgan fingerprint density at radius 2 is 2.00 bits per heavy atom. The molecule has 0 radical (unpaired) electrons. The number of nitrogens with zero attached hydrogens (tertiary/aromatic N) is 3. The van der Waals surface area contributed by atoms with Crippen LogP contribution in [0.1, 0.15) is 31.8 Å². The molecule has 1 atom stereocenters. The van der Waals surface area contributed by atoms with Crippen LogP contribution in [0.25, 0.3) is 16.3 Å². The van der Waals surface area contributed by atoms with Gasteiger partial charge in [-0.15, -0.1) is 11.3 Å². The summed E-state index contributed by atoms with van der Waals surface area (Å²) >= 11 is 1.48. The zero-order valence-electron chi connectivity index (χ0n) is 15.2. The van der Waals surface area contributed by atoms with E-state index in [0.717, 1.165) is 10.2 Å². The van der Waals surface area contributed by atoms with Gasteiger partial charge in [0.2, 0.25) is 0 Å². The van der Waals surface area contributed by atoms with Crippen molar-refractivity contribution in [3.05, 3.63) is 47.6 Å². The van der Waals surface area contributed by atoms with Crippen molar-refractivity contribution in [2.24, 2.45) is 0 Å². The fourth-order valence-corrected chi connectivity index (χ4v) is 3.29. The number of aromatic nitrogens is 3. The SMILES string of the molecule is CC(C)n1nccc1NC(=O)[C@@H](C)OC(=O)/C=C/c1nc2ccccc2s1. The summed E-state index contributed by atoms with van der Waals surface area (Å²) in [5.74, 6) is -0.462. The second-order valence-corrected chi connectivity index (χ2v) is 7.24. The van der Waals surface area contributed by atoms with Gasteiger partial charge in [-0.05, 0) is 39.0 Å². The Labute approximate surface area is 160 Å². The van der Waals surface area contributed by atoms with E-state index in [9.17, 15) is 9.59 Å². The normalized spacial score (nSPS) is 12.6. The monoisotopic (exact) mass is 384 g/mol. The van der Waals surface area contributed by atoms with Crippen molar-refractivity contribution >= 4 is 45.3 Å². The Hall–Kier alpha value is -3.00. The molecule has 1 amide bonds. The van der Waals surface area contributed by atoms with Crippen LogP contribution >= 0.6 is 11.3 Å². The maximum Gasteiger partial charge on any atom is 0.331 e. The maximum absolute atomic E-state index is 12.2. The predicted molar refractivity (Wildman–Crippen MR) is 105 cm³/mol. The minimum absolute atomic E-state index is 0.102. The van der Waals surface area contributed by atoms with Crippen molar-refractivity contribution in [3.63, 3.8) is 0 Å². The van der Waals surface area contributed by atoms with Crippen LogP contribution in [0.3, 0.4) is 0 Å². The van der Waals surface area contributed by atoms with Crippen LogP contribution in [0.15, 0.2) is 42.6 Å². The topological polar surface area (TPSA) is 86.1 Å². The quantitative estimate of drug-likeness (QED) is 0.518. The van der Waals surface area contributed by atoms with Gasteiger partial charge in [0.25, 0.3) is 5.91 Å². The minimum Gasteiger partial charge on any atom is -0.449 e. The van der Waals surface area contributed by atoms with Gasteiger partial charge >= 0.3 is 5.97 Å². The molecule has 0 unspecified atom stereocenters. The highest BCUT2D eigenvalue weighted by atomic mass is 32.1. The molecule has 0 aliphatic carbocycles. The van der Waals surface area contributed by atoms with Crippen LogP contribution < -0.4 is 5.32 Å². The first-order valence-corrected chi connectivity index (χ1v) is 9.34. The van der Waals surface area contributed by atoms with Gasteiger partial charge in [-0.2, -0.15) is 5.10 Å². The number of para-hydroxylation sites is 1. The van der Waals surface area contributed by atoms with Crippen molar-refractivity contribution in [1.82, 2.24) is 14.8 Å². The van der Waals surface area contributed by atoms with Crippen LogP contribution in [0.5, 0.6) is 0 Å². The van der Waals surface area contributed by atoms with E-state index >= 15 is 0 Å². The highest BCUT2D eigenvalue weighted by Gasteiger charge is 2.18. The van der Waals surface area contributed by atoms with Crippen LogP contribution in [0.2, 0.25) is 0 Å². The summed E-state index contributed by atoms with van der Waals surface area (Å²) < 4.78 is 7.89. The minimum atomic E-state index is -0.937. The van der Waals surface area contributed by atoms with Crippen LogP contribution in [-0.4, -0.2) is 32.7 Å². The van der Waals surface area contributed by atoms with Gasteiger partial charge in [-0.25, -0.2) is 14.5 Å². The zero-order chi connectivity index (χ0) is 19.4. The molecule has 0 aliphatic heterocycles. The highest BCUT2D eigenvalue weighted by Crippen LogP contribution is 2.22. The molecule has 1 aromatic carbocycles. The van der Waals surface area contributed by atoms with Crippen LogP contribution in [0.4, 0.5) is 5.82 Å². The number of benzene rings is 1. The molecule has 0 bridgehead atoms. The number of hydrogen-bond donors (Lipinski definition) is 1. The maximum atomic E-state index is 12.2. The molecule has 27 heavy (non-hydrogen) atoms. The first-order chi connectivity index (χ1) is 12.9. The Morgan fingerprint density at radius 1 is 1.22 bits per heavy atom. The fourth-order valence-electron chi connectivity index (χ4n) is 2.42. The molecule has 0 saturated heterocycles. The summed E-state index contributed by atoms with van der Waals surface area (Å²) in [6, 6.07) is 9.53. The number of anilines is 1. The highest BCUT2D eigenvalue weighted by molar-refractivity contribution is 7.19. The third-order valence-electron chi connectivity index (χ3n) is 3.75. The molecule has 0 saturated carbocycles. The lowest BCUT2D eigenvalue weighted by atomic mass is 10.3. The number of fused-ring (bicyclic) bond motifs is 1. The molecular weight excluding hydrogens is 364 g/mol. The smallest absolute Gasteiger partial charge is 0.331 e. The van der Waals surface area contributed by atoms with Crippen LogP contribution in [-0.2, 0) is 14.3 Å². The van der Waals surface area contributed by atoms with Crippen molar-refractivity contribution in [1.29, 1.82) is 0 Å². The van der Waals surface area contributed by atoms with E-state index in [4.69, 9.17) is 4.74 Å². The van der Waals surface area contributed by atoms with E-state index in [1.807, 2.05) is 38.1 Å². The average molecular weight is 384 g/mol. The lowest BCUT2D eigenvalue weighted by Gasteiger charge is -2.15. The summed E-state index contributed by atoms with van der Waals surface area (Å²) in [5, 5.41) is 7.57. The summed E-state index contributed by atoms with van der Waals surface area (Å²) in [7, 11) is 0. The predicted octanol–water partition coefficient (Wildman–Crippen LogP) is 3.66. The van der Waals surface area contributed by atoms with Crippen molar-refractivity contribution in [2.75, 3.05) is 5.32 Å². The third kappa shape index (κ3) is 4.59. The average Bonchev–Trinajstić information content (AvgIpc) is 3.26. The number of esters is 1. The largest absolute Gasteiger partial charge is 0.449 e. The number of thiazole rings is 1. The molecule has 140 valence electrons. The molecule has 8 heteroatoms. The van der Waals surface area contributed by atoms with Crippen molar-refractivity contribution in [3.8, 4) is 0 Å². The number of carbonyl (C=O) groups excluding carboxylic acids is 2. The second kappa shape index (κ2) is 8.13.